The summed E-state index contributed by atoms with van der Waals surface area (Å²) in [5.74, 6) is 0.565. The van der Waals surface area contributed by atoms with Crippen LogP contribution in [-0.4, -0.2) is 48.1 Å². The van der Waals surface area contributed by atoms with Crippen LogP contribution in [0.15, 0.2) is 42.5 Å². The smallest absolute Gasteiger partial charge is 0.322 e. The van der Waals surface area contributed by atoms with E-state index in [2.05, 4.69) is 33.3 Å². The second-order valence-electron chi connectivity index (χ2n) is 10.7. The number of hydrogen-bond donors (Lipinski definition) is 1. The van der Waals surface area contributed by atoms with Gasteiger partial charge in [-0.15, -0.1) is 0 Å². The minimum atomic E-state index is -0.0563. The minimum absolute atomic E-state index is 0.0563. The number of amides is 2. The molecule has 2 aromatic carbocycles. The molecule has 1 unspecified atom stereocenters. The molecule has 2 aliphatic carbocycles. The zero-order chi connectivity index (χ0) is 25.1. The summed E-state index contributed by atoms with van der Waals surface area (Å²) in [6, 6.07) is 15.8. The molecule has 7 heteroatoms. The minimum Gasteiger partial charge on any atom is -0.322 e. The predicted molar refractivity (Wildman–Crippen MR) is 146 cm³/mol. The van der Waals surface area contributed by atoms with Crippen molar-refractivity contribution >= 4 is 34.9 Å². The molecule has 0 radical (unpaired) electrons. The van der Waals surface area contributed by atoms with Crippen molar-refractivity contribution in [2.24, 2.45) is 5.92 Å². The van der Waals surface area contributed by atoms with Crippen molar-refractivity contribution in [3.63, 3.8) is 0 Å². The number of halogens is 2. The maximum Gasteiger partial charge on any atom is 0.322 e. The first-order valence-corrected chi connectivity index (χ1v) is 14.0. The van der Waals surface area contributed by atoms with Crippen LogP contribution in [0.5, 0.6) is 0 Å². The Labute approximate surface area is 224 Å². The van der Waals surface area contributed by atoms with Crippen molar-refractivity contribution in [3.8, 4) is 6.07 Å². The van der Waals surface area contributed by atoms with Crippen molar-refractivity contribution in [2.75, 3.05) is 31.5 Å². The SMILES string of the molecule is N#Cc1cccc([C@]23CC[C@@H](N(CCCCN4CCCC4)C(=O)Nc4ccc(Cl)c(Cl)c4)CC2C3)c1. The summed E-state index contributed by atoms with van der Waals surface area (Å²) < 4.78 is 0. The lowest BCUT2D eigenvalue weighted by atomic mass is 9.80. The van der Waals surface area contributed by atoms with Crippen molar-refractivity contribution in [3.05, 3.63) is 63.6 Å². The zero-order valence-electron chi connectivity index (χ0n) is 20.7. The number of benzene rings is 2. The highest BCUT2D eigenvalue weighted by Gasteiger charge is 2.58. The first kappa shape index (κ1) is 25.4. The van der Waals surface area contributed by atoms with Gasteiger partial charge in [0.2, 0.25) is 0 Å². The molecule has 0 spiro atoms. The van der Waals surface area contributed by atoms with Crippen LogP contribution in [0.2, 0.25) is 10.0 Å². The molecule has 1 heterocycles. The summed E-state index contributed by atoms with van der Waals surface area (Å²) in [6.45, 7) is 4.30. The number of likely N-dealkylation sites (tertiary alicyclic amines) is 1. The third-order valence-electron chi connectivity index (χ3n) is 8.47. The largest absolute Gasteiger partial charge is 0.322 e. The molecule has 5 nitrogen and oxygen atoms in total. The van der Waals surface area contributed by atoms with Crippen LogP contribution in [0.1, 0.15) is 62.5 Å². The van der Waals surface area contributed by atoms with Crippen molar-refractivity contribution in [1.82, 2.24) is 9.80 Å². The van der Waals surface area contributed by atoms with E-state index in [1.807, 2.05) is 12.1 Å². The summed E-state index contributed by atoms with van der Waals surface area (Å²) in [4.78, 5) is 18.1. The van der Waals surface area contributed by atoms with Gasteiger partial charge in [0.15, 0.2) is 0 Å². The number of nitrogens with one attached hydrogen (secondary N) is 1. The van der Waals surface area contributed by atoms with Crippen LogP contribution in [-0.2, 0) is 5.41 Å². The summed E-state index contributed by atoms with van der Waals surface area (Å²) in [6.07, 6.45) is 8.92. The number of nitriles is 1. The van der Waals surface area contributed by atoms with Gasteiger partial charge in [-0.3, -0.25) is 0 Å². The van der Waals surface area contributed by atoms with Gasteiger partial charge in [0.05, 0.1) is 21.7 Å². The van der Waals surface area contributed by atoms with Gasteiger partial charge in [0.25, 0.3) is 0 Å². The number of carbonyl (C=O) groups excluding carboxylic acids is 1. The normalized spacial score (nSPS) is 25.1. The van der Waals surface area contributed by atoms with Gasteiger partial charge in [0.1, 0.15) is 0 Å². The molecule has 2 amide bonds. The molecule has 3 atom stereocenters. The molecule has 1 N–H and O–H groups in total. The average molecular weight is 526 g/mol. The van der Waals surface area contributed by atoms with E-state index in [-0.39, 0.29) is 17.5 Å². The second kappa shape index (κ2) is 11.0. The van der Waals surface area contributed by atoms with Crippen molar-refractivity contribution in [1.29, 1.82) is 5.26 Å². The fraction of sp³-hybridized carbons (Fsp3) is 0.517. The third kappa shape index (κ3) is 5.52. The van der Waals surface area contributed by atoms with Crippen LogP contribution >= 0.6 is 23.2 Å². The summed E-state index contributed by atoms with van der Waals surface area (Å²) >= 11 is 12.3. The van der Waals surface area contributed by atoms with Crippen molar-refractivity contribution in [2.45, 2.75) is 62.8 Å². The van der Waals surface area contributed by atoms with Crippen LogP contribution in [0.25, 0.3) is 0 Å². The lowest BCUT2D eigenvalue weighted by Crippen LogP contribution is -2.46. The van der Waals surface area contributed by atoms with Crippen LogP contribution in [0.3, 0.4) is 0 Å². The maximum atomic E-state index is 13.5. The summed E-state index contributed by atoms with van der Waals surface area (Å²) in [5, 5.41) is 13.3. The van der Waals surface area contributed by atoms with Gasteiger partial charge in [-0.25, -0.2) is 4.79 Å². The Morgan fingerprint density at radius 2 is 1.97 bits per heavy atom. The quantitative estimate of drug-likeness (QED) is 0.375. The fourth-order valence-electron chi connectivity index (χ4n) is 6.39. The third-order valence-corrected chi connectivity index (χ3v) is 9.21. The topological polar surface area (TPSA) is 59.4 Å². The van der Waals surface area contributed by atoms with Gasteiger partial charge in [-0.1, -0.05) is 35.3 Å². The molecule has 0 aromatic heterocycles. The Morgan fingerprint density at radius 3 is 2.72 bits per heavy atom. The number of nitrogens with zero attached hydrogens (tertiary/aromatic N) is 3. The van der Waals surface area contributed by atoms with E-state index in [0.717, 1.165) is 57.2 Å². The lowest BCUT2D eigenvalue weighted by molar-refractivity contribution is 0.158. The highest BCUT2D eigenvalue weighted by atomic mass is 35.5. The number of rotatable bonds is 8. The first-order chi connectivity index (χ1) is 17.5. The fourth-order valence-corrected chi connectivity index (χ4v) is 6.69. The first-order valence-electron chi connectivity index (χ1n) is 13.2. The molecule has 3 aliphatic rings. The maximum absolute atomic E-state index is 13.5. The molecule has 1 saturated heterocycles. The van der Waals surface area contributed by atoms with Crippen LogP contribution < -0.4 is 5.32 Å². The van der Waals surface area contributed by atoms with Gasteiger partial charge < -0.3 is 15.1 Å². The Morgan fingerprint density at radius 1 is 1.14 bits per heavy atom. The zero-order valence-corrected chi connectivity index (χ0v) is 22.2. The lowest BCUT2D eigenvalue weighted by Gasteiger charge is -2.37. The van der Waals surface area contributed by atoms with E-state index in [9.17, 15) is 10.1 Å². The number of fused-ring (bicyclic) bond motifs is 1. The van der Waals surface area contributed by atoms with Gasteiger partial charge in [-0.2, -0.15) is 5.26 Å². The molecule has 190 valence electrons. The highest BCUT2D eigenvalue weighted by Crippen LogP contribution is 2.62. The number of hydrogen-bond acceptors (Lipinski definition) is 3. The summed E-state index contributed by atoms with van der Waals surface area (Å²) in [5.41, 5.74) is 2.88. The average Bonchev–Trinajstić information content (AvgIpc) is 3.40. The van der Waals surface area contributed by atoms with Gasteiger partial charge in [-0.05, 0) is 118 Å². The Bertz CT molecular complexity index is 1140. The molecule has 5 rings (SSSR count). The van der Waals surface area contributed by atoms with E-state index in [0.29, 0.717) is 21.7 Å². The predicted octanol–water partition coefficient (Wildman–Crippen LogP) is 7.09. The van der Waals surface area contributed by atoms with Crippen LogP contribution in [0.4, 0.5) is 10.5 Å². The number of urea groups is 1. The molecule has 1 aliphatic heterocycles. The van der Waals surface area contributed by atoms with Gasteiger partial charge >= 0.3 is 6.03 Å². The highest BCUT2D eigenvalue weighted by molar-refractivity contribution is 6.42. The number of unbranched alkanes of at least 4 members (excludes halogenated alkanes) is 1. The van der Waals surface area contributed by atoms with E-state index in [4.69, 9.17) is 23.2 Å². The number of anilines is 1. The summed E-state index contributed by atoms with van der Waals surface area (Å²) in [7, 11) is 0. The number of carbonyl (C=O) groups is 1. The standard InChI is InChI=1S/C29H34Cl2N4O/c30-26-9-8-24(18-27(26)31)33-28(36)35(15-4-3-14-34-12-1-2-13-34)25-10-11-29(19-23(29)17-25)22-7-5-6-21(16-22)20-32/h5-9,16,18,23,25H,1-4,10-15,17,19H2,(H,33,36)/t23?,25-,29-/m1/s1. The molecule has 0 bridgehead atoms. The van der Waals surface area contributed by atoms with E-state index < -0.39 is 0 Å². The molecular formula is C29H34Cl2N4O. The van der Waals surface area contributed by atoms with E-state index in [1.54, 1.807) is 18.2 Å². The Kier molecular flexibility index (Phi) is 7.76. The molecule has 2 aromatic rings. The second-order valence-corrected chi connectivity index (χ2v) is 11.5. The molecular weight excluding hydrogens is 491 g/mol. The van der Waals surface area contributed by atoms with Crippen LogP contribution in [0, 0.1) is 17.2 Å². The van der Waals surface area contributed by atoms with E-state index >= 15 is 0 Å². The van der Waals surface area contributed by atoms with E-state index in [1.165, 1.54) is 31.5 Å². The molecule has 3 fully saturated rings. The molecule has 36 heavy (non-hydrogen) atoms. The monoisotopic (exact) mass is 524 g/mol. The molecule has 2 saturated carbocycles. The Balaban J connectivity index is 1.25. The Hall–Kier alpha value is -2.26. The van der Waals surface area contributed by atoms with Crippen molar-refractivity contribution < 1.29 is 4.79 Å². The van der Waals surface area contributed by atoms with Gasteiger partial charge in [0, 0.05) is 18.3 Å².